The van der Waals surface area contributed by atoms with Crippen molar-refractivity contribution in [2.24, 2.45) is 5.92 Å². The van der Waals surface area contributed by atoms with E-state index in [1.165, 1.54) is 12.1 Å². The number of imide groups is 1. The second-order valence-corrected chi connectivity index (χ2v) is 24.6. The van der Waals surface area contributed by atoms with Crippen LogP contribution in [0.3, 0.4) is 0 Å². The minimum Gasteiger partial charge on any atom is -0.598 e. The monoisotopic (exact) mass is 814 g/mol. The van der Waals surface area contributed by atoms with Crippen LogP contribution in [0.15, 0.2) is 36.4 Å². The molecule has 304 valence electrons. The zero-order valence-electron chi connectivity index (χ0n) is 32.5. The van der Waals surface area contributed by atoms with E-state index in [0.717, 1.165) is 32.7 Å². The molecule has 2 aromatic heterocycles. The van der Waals surface area contributed by atoms with E-state index >= 15 is 8.78 Å². The predicted molar refractivity (Wildman–Crippen MR) is 202 cm³/mol. The first-order valence-electron chi connectivity index (χ1n) is 18.3. The summed E-state index contributed by atoms with van der Waals surface area (Å²) < 4.78 is 101. The third-order valence-corrected chi connectivity index (χ3v) is 12.9. The largest absolute Gasteiger partial charge is 0.598 e. The van der Waals surface area contributed by atoms with Gasteiger partial charge in [-0.2, -0.15) is 13.2 Å². The normalized spacial score (nSPS) is 17.6. The molecule has 2 N–H and O–H groups in total. The van der Waals surface area contributed by atoms with E-state index in [1.54, 1.807) is 49.6 Å². The van der Waals surface area contributed by atoms with Gasteiger partial charge in [-0.25, -0.2) is 18.7 Å². The lowest BCUT2D eigenvalue weighted by atomic mass is 10.1. The van der Waals surface area contributed by atoms with Crippen molar-refractivity contribution < 1.29 is 45.6 Å². The van der Waals surface area contributed by atoms with Crippen molar-refractivity contribution in [2.45, 2.75) is 114 Å². The van der Waals surface area contributed by atoms with Gasteiger partial charge >= 0.3 is 6.18 Å². The van der Waals surface area contributed by atoms with Crippen LogP contribution < -0.4 is 10.0 Å². The number of halogens is 5. The first-order chi connectivity index (χ1) is 25.4. The topological polar surface area (TPSA) is 134 Å². The Morgan fingerprint density at radius 2 is 1.58 bits per heavy atom. The second kappa shape index (κ2) is 16.1. The molecule has 18 heteroatoms. The molecular weight excluding hydrogens is 764 g/mol. The molecule has 3 atom stereocenters. The van der Waals surface area contributed by atoms with E-state index in [-0.39, 0.29) is 35.2 Å². The van der Waals surface area contributed by atoms with Crippen LogP contribution in [-0.2, 0) is 27.6 Å². The Hall–Kier alpha value is -3.00. The van der Waals surface area contributed by atoms with Crippen molar-refractivity contribution in [3.63, 3.8) is 0 Å². The Bertz CT molecular complexity index is 1830. The number of fused-ring (bicyclic) bond motifs is 2. The lowest BCUT2D eigenvalue weighted by Crippen LogP contribution is -2.47. The number of alkyl halides is 5. The van der Waals surface area contributed by atoms with Gasteiger partial charge in [-0.1, -0.05) is 31.8 Å². The van der Waals surface area contributed by atoms with Gasteiger partial charge < -0.3 is 23.9 Å². The summed E-state index contributed by atoms with van der Waals surface area (Å²) in [5.74, 6) is -4.85. The molecule has 3 aromatic rings. The van der Waals surface area contributed by atoms with E-state index in [9.17, 15) is 27.3 Å². The van der Waals surface area contributed by atoms with Crippen LogP contribution >= 0.6 is 0 Å². The Kier molecular flexibility index (Phi) is 12.6. The van der Waals surface area contributed by atoms with Gasteiger partial charge in [0.05, 0.1) is 48.1 Å². The number of carbonyl (C=O) groups excluding carboxylic acids is 2. The van der Waals surface area contributed by atoms with E-state index < -0.39 is 85.5 Å². The minimum atomic E-state index is -4.69. The zero-order chi connectivity index (χ0) is 40.7. The van der Waals surface area contributed by atoms with E-state index in [1.807, 2.05) is 0 Å². The number of imidazole rings is 1. The first-order valence-corrected chi connectivity index (χ1v) is 23.1. The van der Waals surface area contributed by atoms with Crippen molar-refractivity contribution in [2.75, 3.05) is 26.3 Å². The standard InChI is InChI=1S/C37H51F5N6O5SSi/c1-34(2,3)54(51)46-27(19-53-35(4,5)37(40,41)42)31-45-30-28(48(31)22-52-17-18-55(6,7)8)16-15-26(44-30)29(23-13-14-23)43-20-36(38,39)21-47-32(49)24-11-9-10-12-25(24)33(47)50/h9-12,15-16,23,27,29,43,46H,13-14,17-22H2,1-8H3/t27-,29+,54?/m0/s1. The second-order valence-electron chi connectivity index (χ2n) is 17.0. The molecule has 1 saturated carbocycles. The molecule has 55 heavy (non-hydrogen) atoms. The Labute approximate surface area is 322 Å². The van der Waals surface area contributed by atoms with Gasteiger partial charge in [0.15, 0.2) is 11.2 Å². The van der Waals surface area contributed by atoms with Crippen LogP contribution in [0.2, 0.25) is 25.7 Å². The van der Waals surface area contributed by atoms with Gasteiger partial charge in [-0.15, -0.1) is 4.72 Å². The molecule has 0 bridgehead atoms. The molecule has 1 aromatic carbocycles. The molecule has 0 radical (unpaired) electrons. The molecule has 2 amide bonds. The SMILES string of the molecule is CC(C)(C)[S+]([O-])N[C@@H](COC(C)(C)C(F)(F)F)c1nc2nc([C@H](NCC(F)(F)CN3C(=O)c4ccccc4C3=O)C3CC3)ccc2n1COCC[Si](C)(C)C. The maximum Gasteiger partial charge on any atom is 0.416 e. The molecule has 1 unspecified atom stereocenters. The molecule has 0 spiro atoms. The molecule has 2 aliphatic rings. The lowest BCUT2D eigenvalue weighted by molar-refractivity contribution is -0.265. The highest BCUT2D eigenvalue weighted by Crippen LogP contribution is 2.41. The predicted octanol–water partition coefficient (Wildman–Crippen LogP) is 7.17. The smallest absolute Gasteiger partial charge is 0.416 e. The number of rotatable bonds is 18. The number of nitrogens with one attached hydrogen (secondary N) is 2. The number of benzene rings is 1. The number of amides is 2. The minimum absolute atomic E-state index is 0.0202. The van der Waals surface area contributed by atoms with Gasteiger partial charge in [-0.05, 0) is 83.7 Å². The highest BCUT2D eigenvalue weighted by Gasteiger charge is 2.49. The van der Waals surface area contributed by atoms with Crippen LogP contribution in [0.4, 0.5) is 22.0 Å². The number of pyridine rings is 1. The highest BCUT2D eigenvalue weighted by molar-refractivity contribution is 7.90. The van der Waals surface area contributed by atoms with Gasteiger partial charge in [0, 0.05) is 26.0 Å². The third kappa shape index (κ3) is 10.5. The molecule has 1 aliphatic carbocycles. The van der Waals surface area contributed by atoms with E-state index in [2.05, 4.69) is 29.7 Å². The summed E-state index contributed by atoms with van der Waals surface area (Å²) >= 11 is -1.75. The highest BCUT2D eigenvalue weighted by atomic mass is 32.2. The van der Waals surface area contributed by atoms with Gasteiger partial charge in [0.1, 0.15) is 23.3 Å². The van der Waals surface area contributed by atoms with E-state index in [4.69, 9.17) is 19.4 Å². The molecule has 0 saturated heterocycles. The zero-order valence-corrected chi connectivity index (χ0v) is 34.3. The summed E-state index contributed by atoms with van der Waals surface area (Å²) in [4.78, 5) is 35.6. The summed E-state index contributed by atoms with van der Waals surface area (Å²) in [6.07, 6.45) is -3.19. The van der Waals surface area contributed by atoms with Crippen LogP contribution in [-0.4, -0.2) is 92.6 Å². The van der Waals surface area contributed by atoms with Crippen molar-refractivity contribution >= 4 is 42.4 Å². The molecule has 11 nitrogen and oxygen atoms in total. The first kappa shape index (κ1) is 43.1. The third-order valence-electron chi connectivity index (χ3n) is 9.55. The Balaban J connectivity index is 1.44. The van der Waals surface area contributed by atoms with E-state index in [0.29, 0.717) is 22.7 Å². The van der Waals surface area contributed by atoms with Gasteiger partial charge in [0.25, 0.3) is 17.7 Å². The number of hydrogen-bond acceptors (Lipinski definition) is 9. The summed E-state index contributed by atoms with van der Waals surface area (Å²) in [6, 6.07) is 8.51. The van der Waals surface area contributed by atoms with Crippen LogP contribution in [0.25, 0.3) is 11.2 Å². The molecule has 3 heterocycles. The maximum absolute atomic E-state index is 15.5. The molecule has 1 fully saturated rings. The number of carbonyl (C=O) groups is 2. The molecule has 5 rings (SSSR count). The number of hydrogen-bond donors (Lipinski definition) is 2. The van der Waals surface area contributed by atoms with Crippen LogP contribution in [0.5, 0.6) is 0 Å². The van der Waals surface area contributed by atoms with Crippen LogP contribution in [0, 0.1) is 5.92 Å². The van der Waals surface area contributed by atoms with Crippen molar-refractivity contribution in [1.29, 1.82) is 0 Å². The molecular formula is C37H51F5N6O5SSi. The van der Waals surface area contributed by atoms with Crippen LogP contribution in [0.1, 0.15) is 91.8 Å². The summed E-state index contributed by atoms with van der Waals surface area (Å²) in [6.45, 7) is 11.5. The van der Waals surface area contributed by atoms with Gasteiger partial charge in [0.2, 0.25) is 0 Å². The Morgan fingerprint density at radius 1 is 0.964 bits per heavy atom. The fourth-order valence-electron chi connectivity index (χ4n) is 5.86. The fourth-order valence-corrected chi connectivity index (χ4v) is 7.40. The summed E-state index contributed by atoms with van der Waals surface area (Å²) in [5, 5.41) is 2.93. The van der Waals surface area contributed by atoms with Crippen molar-refractivity contribution in [3.8, 4) is 0 Å². The maximum atomic E-state index is 15.5. The Morgan fingerprint density at radius 3 is 2.13 bits per heavy atom. The number of ether oxygens (including phenoxy) is 2. The molecule has 1 aliphatic heterocycles. The average Bonchev–Trinajstić information content (AvgIpc) is 3.81. The lowest BCUT2D eigenvalue weighted by Gasteiger charge is -2.32. The van der Waals surface area contributed by atoms with Crippen molar-refractivity contribution in [3.05, 3.63) is 59.0 Å². The fraction of sp³-hybridized carbons (Fsp3) is 0.622. The van der Waals surface area contributed by atoms with Crippen molar-refractivity contribution in [1.82, 2.24) is 29.5 Å². The van der Waals surface area contributed by atoms with Gasteiger partial charge in [-0.3, -0.25) is 14.5 Å². The average molecular weight is 815 g/mol. The quantitative estimate of drug-likeness (QED) is 0.0451. The summed E-state index contributed by atoms with van der Waals surface area (Å²) in [5.41, 5.74) is -1.28. The number of nitrogens with zero attached hydrogens (tertiary/aromatic N) is 4. The number of aromatic nitrogens is 3. The summed E-state index contributed by atoms with van der Waals surface area (Å²) in [7, 11) is -1.48.